The first-order valence-corrected chi connectivity index (χ1v) is 24.1. The monoisotopic (exact) mass is 822 g/mol. The predicted molar refractivity (Wildman–Crippen MR) is 239 cm³/mol. The molecule has 0 rings (SSSR count). The summed E-state index contributed by atoms with van der Waals surface area (Å²) in [6.45, 7) is 16.5. The maximum atomic E-state index is 13.0. The van der Waals surface area contributed by atoms with E-state index in [4.69, 9.17) is 18.9 Å². The van der Waals surface area contributed by atoms with Gasteiger partial charge in [0.05, 0.1) is 12.7 Å². The quantitative estimate of drug-likeness (QED) is 0.0280. The lowest BCUT2D eigenvalue weighted by molar-refractivity contribution is -0.162. The highest BCUT2D eigenvalue weighted by molar-refractivity contribution is 5.81. The molecular weight excluding hydrogens is 731 g/mol. The summed E-state index contributed by atoms with van der Waals surface area (Å²) in [5.74, 6) is -0.183. The number of hydrogen-bond donors (Lipinski definition) is 1. The molecule has 340 valence electrons. The molecule has 0 aromatic carbocycles. The minimum Gasteiger partial charge on any atom is -0.463 e. The van der Waals surface area contributed by atoms with E-state index < -0.39 is 17.7 Å². The summed E-state index contributed by atoms with van der Waals surface area (Å²) < 4.78 is 22.1. The minimum atomic E-state index is -0.457. The first-order chi connectivity index (χ1) is 27.9. The average Bonchev–Trinajstić information content (AvgIpc) is 3.17. The Morgan fingerprint density at radius 3 is 1.47 bits per heavy atom. The average molecular weight is 822 g/mol. The molecule has 0 saturated carbocycles. The molecule has 0 aliphatic rings. The van der Waals surface area contributed by atoms with Gasteiger partial charge >= 0.3 is 24.0 Å². The molecule has 58 heavy (non-hydrogen) atoms. The van der Waals surface area contributed by atoms with E-state index in [9.17, 15) is 19.2 Å². The van der Waals surface area contributed by atoms with Gasteiger partial charge in [0.1, 0.15) is 11.7 Å². The maximum absolute atomic E-state index is 13.0. The maximum Gasteiger partial charge on any atom is 0.407 e. The van der Waals surface area contributed by atoms with Crippen LogP contribution in [0.25, 0.3) is 0 Å². The molecule has 0 saturated heterocycles. The fourth-order valence-electron chi connectivity index (χ4n) is 7.58. The van der Waals surface area contributed by atoms with Crippen LogP contribution in [0.3, 0.4) is 0 Å². The van der Waals surface area contributed by atoms with Crippen LogP contribution in [0.15, 0.2) is 12.7 Å². The van der Waals surface area contributed by atoms with Gasteiger partial charge in [-0.15, -0.1) is 0 Å². The Labute approximate surface area is 356 Å². The lowest BCUT2D eigenvalue weighted by atomic mass is 9.82. The number of nitrogens with one attached hydrogen (secondary N) is 1. The van der Waals surface area contributed by atoms with Crippen LogP contribution in [0.5, 0.6) is 0 Å². The number of carbonyl (C=O) groups excluding carboxylic acids is 4. The lowest BCUT2D eigenvalue weighted by Crippen LogP contribution is -2.37. The summed E-state index contributed by atoms with van der Waals surface area (Å²) in [6, 6.07) is 0. The van der Waals surface area contributed by atoms with Crippen LogP contribution in [-0.4, -0.2) is 55.0 Å². The summed E-state index contributed by atoms with van der Waals surface area (Å²) in [4.78, 5) is 48.2. The number of alkyl carbamates (subject to hydrolysis) is 1. The van der Waals surface area contributed by atoms with Gasteiger partial charge < -0.3 is 24.3 Å². The molecule has 0 heterocycles. The minimum absolute atomic E-state index is 0.0276. The Hall–Kier alpha value is -2.58. The van der Waals surface area contributed by atoms with Crippen molar-refractivity contribution in [2.24, 2.45) is 5.92 Å². The first-order valence-electron chi connectivity index (χ1n) is 24.1. The van der Waals surface area contributed by atoms with Crippen molar-refractivity contribution in [3.05, 3.63) is 12.7 Å². The molecule has 0 bridgehead atoms. The largest absolute Gasteiger partial charge is 0.463 e. The third-order valence-electron chi connectivity index (χ3n) is 11.1. The van der Waals surface area contributed by atoms with E-state index in [1.807, 2.05) is 13.8 Å². The van der Waals surface area contributed by atoms with Crippen LogP contribution in [0.4, 0.5) is 4.79 Å². The fraction of sp³-hybridized carbons (Fsp3) is 0.878. The van der Waals surface area contributed by atoms with Crippen LogP contribution in [0.2, 0.25) is 0 Å². The molecule has 0 aliphatic heterocycles. The van der Waals surface area contributed by atoms with E-state index >= 15 is 0 Å². The number of hydrogen-bond acceptors (Lipinski definition) is 8. The molecule has 0 aromatic rings. The van der Waals surface area contributed by atoms with Gasteiger partial charge in [0.2, 0.25) is 0 Å². The highest BCUT2D eigenvalue weighted by Gasteiger charge is 2.32. The van der Waals surface area contributed by atoms with Gasteiger partial charge in [-0.05, 0) is 91.4 Å². The Bertz CT molecular complexity index is 1030. The molecule has 9 nitrogen and oxygen atoms in total. The van der Waals surface area contributed by atoms with Gasteiger partial charge in [-0.3, -0.25) is 9.59 Å². The lowest BCUT2D eigenvalue weighted by Gasteiger charge is -2.34. The highest BCUT2D eigenvalue weighted by atomic mass is 16.6. The molecule has 0 aliphatic carbocycles. The van der Waals surface area contributed by atoms with Crippen molar-refractivity contribution in [3.8, 4) is 0 Å². The second-order valence-corrected chi connectivity index (χ2v) is 17.4. The Balaban J connectivity index is 4.33. The number of esters is 3. The standard InChI is InChI=1S/C49H91NO8/c1-8-11-13-27-34-43(35-28-23-19-15-17-21-25-31-38-46(52)56-42(4)5)49(6,7)58-47(53)39-32-26-22-18-16-20-24-30-37-44(36-29-14-12-9-2)57-48(54)50-40-33-41-55-45(51)10-3/h10,42-44H,3,8-9,11-41H2,1-2,4-7H3,(H,50,54). The van der Waals surface area contributed by atoms with Gasteiger partial charge in [-0.1, -0.05) is 149 Å². The third-order valence-corrected chi connectivity index (χ3v) is 11.1. The molecule has 0 fully saturated rings. The number of carbonyl (C=O) groups is 4. The van der Waals surface area contributed by atoms with Crippen LogP contribution < -0.4 is 5.32 Å². The SMILES string of the molecule is C=CC(=O)OCCCNC(=O)OC(CCCCCC)CCCCCCCCCCC(=O)OC(C)(C)C(CCCCCC)CCCCCCCCCCC(=O)OC(C)C. The zero-order valence-corrected chi connectivity index (χ0v) is 38.6. The molecular formula is C49H91NO8. The highest BCUT2D eigenvalue weighted by Crippen LogP contribution is 2.32. The number of amides is 1. The summed E-state index contributed by atoms with van der Waals surface area (Å²) >= 11 is 0. The van der Waals surface area contributed by atoms with E-state index in [1.165, 1.54) is 96.3 Å². The van der Waals surface area contributed by atoms with Gasteiger partial charge in [0.25, 0.3) is 0 Å². The second-order valence-electron chi connectivity index (χ2n) is 17.4. The molecule has 1 amide bonds. The van der Waals surface area contributed by atoms with E-state index in [-0.39, 0.29) is 30.8 Å². The number of unbranched alkanes of at least 4 members (excludes halogenated alkanes) is 20. The molecule has 2 atom stereocenters. The number of ether oxygens (including phenoxy) is 4. The van der Waals surface area contributed by atoms with Crippen LogP contribution in [0, 0.1) is 5.92 Å². The first kappa shape index (κ1) is 55.4. The summed E-state index contributed by atoms with van der Waals surface area (Å²) in [5, 5.41) is 2.78. The molecule has 2 unspecified atom stereocenters. The van der Waals surface area contributed by atoms with Crippen molar-refractivity contribution in [2.45, 2.75) is 258 Å². The van der Waals surface area contributed by atoms with E-state index in [0.717, 1.165) is 89.5 Å². The van der Waals surface area contributed by atoms with E-state index in [1.54, 1.807) is 0 Å². The predicted octanol–water partition coefficient (Wildman–Crippen LogP) is 13.8. The normalized spacial score (nSPS) is 12.5. The van der Waals surface area contributed by atoms with Crippen LogP contribution >= 0.6 is 0 Å². The smallest absolute Gasteiger partial charge is 0.407 e. The second kappa shape index (κ2) is 38.6. The van der Waals surface area contributed by atoms with E-state index in [0.29, 0.717) is 31.7 Å². The third kappa shape index (κ3) is 35.4. The number of rotatable bonds is 41. The Morgan fingerprint density at radius 2 is 1.00 bits per heavy atom. The van der Waals surface area contributed by atoms with Crippen molar-refractivity contribution in [1.82, 2.24) is 5.32 Å². The van der Waals surface area contributed by atoms with Crippen molar-refractivity contribution in [3.63, 3.8) is 0 Å². The molecule has 0 radical (unpaired) electrons. The zero-order valence-electron chi connectivity index (χ0n) is 38.6. The summed E-state index contributed by atoms with van der Waals surface area (Å²) in [6.07, 6.45) is 33.9. The fourth-order valence-corrected chi connectivity index (χ4v) is 7.58. The summed E-state index contributed by atoms with van der Waals surface area (Å²) in [5.41, 5.74) is -0.438. The molecule has 9 heteroatoms. The molecule has 1 N–H and O–H groups in total. The van der Waals surface area contributed by atoms with Crippen molar-refractivity contribution < 1.29 is 38.1 Å². The van der Waals surface area contributed by atoms with E-state index in [2.05, 4.69) is 39.6 Å². The van der Waals surface area contributed by atoms with Crippen molar-refractivity contribution in [1.29, 1.82) is 0 Å². The zero-order chi connectivity index (χ0) is 43.1. The molecule has 0 spiro atoms. The molecule has 0 aromatic heterocycles. The Morgan fingerprint density at radius 1 is 0.569 bits per heavy atom. The van der Waals surface area contributed by atoms with Crippen molar-refractivity contribution >= 4 is 24.0 Å². The van der Waals surface area contributed by atoms with Crippen LogP contribution in [0.1, 0.15) is 241 Å². The topological polar surface area (TPSA) is 117 Å². The van der Waals surface area contributed by atoms with Crippen LogP contribution in [-0.2, 0) is 33.3 Å². The van der Waals surface area contributed by atoms with Crippen molar-refractivity contribution in [2.75, 3.05) is 13.2 Å². The Kier molecular flexibility index (Phi) is 36.9. The van der Waals surface area contributed by atoms with Gasteiger partial charge in [0, 0.05) is 25.5 Å². The van der Waals surface area contributed by atoms with Gasteiger partial charge in [-0.25, -0.2) is 9.59 Å². The summed E-state index contributed by atoms with van der Waals surface area (Å²) in [7, 11) is 0. The van der Waals surface area contributed by atoms with Gasteiger partial charge in [-0.2, -0.15) is 0 Å². The van der Waals surface area contributed by atoms with Gasteiger partial charge in [0.15, 0.2) is 0 Å².